The summed E-state index contributed by atoms with van der Waals surface area (Å²) in [5.41, 5.74) is 2.52. The minimum absolute atomic E-state index is 0.00466. The molecule has 0 spiro atoms. The molecule has 1 heterocycles. The molecule has 3 heteroatoms. The number of aliphatic hydroxyl groups is 1. The van der Waals surface area contributed by atoms with Crippen molar-refractivity contribution in [2.45, 2.75) is 37.9 Å². The monoisotopic (exact) mass is 338 g/mol. The van der Waals surface area contributed by atoms with Crippen LogP contribution in [-0.4, -0.2) is 30.2 Å². The van der Waals surface area contributed by atoms with Crippen LogP contribution in [0.5, 0.6) is 0 Å². The maximum atomic E-state index is 11.6. The second-order valence-electron chi connectivity index (χ2n) is 6.82. The predicted molar refractivity (Wildman–Crippen MR) is 98.3 cm³/mol. The van der Waals surface area contributed by atoms with E-state index in [0.717, 1.165) is 32.0 Å². The summed E-state index contributed by atoms with van der Waals surface area (Å²) in [6.45, 7) is 0.00466. The zero-order valence-electron chi connectivity index (χ0n) is 14.5. The predicted octanol–water partition coefficient (Wildman–Crippen LogP) is 3.44. The van der Waals surface area contributed by atoms with Gasteiger partial charge in [0.1, 0.15) is 6.29 Å². The fraction of sp³-hybridized carbons (Fsp3) is 0.409. The smallest absolute Gasteiger partial charge is 0.126 e. The lowest BCUT2D eigenvalue weighted by Gasteiger charge is -2.17. The molecule has 3 nitrogen and oxygen atoms in total. The van der Waals surface area contributed by atoms with Gasteiger partial charge in [0, 0.05) is 18.4 Å². The standard InChI is InChI=1S/C22H26O3/c23-15-19-20(16-24)22(14-12-18-9-5-2-6-10-18)25-21(19)13-11-17-7-3-1-4-8-17/h1-10,15,19-22,24H,11-14,16H2/t19-,20-,21-,22+/m0/s1. The lowest BCUT2D eigenvalue weighted by molar-refractivity contribution is -0.113. The lowest BCUT2D eigenvalue weighted by Crippen LogP contribution is -2.27. The number of hydrogen-bond donors (Lipinski definition) is 1. The number of benzene rings is 2. The molecule has 132 valence electrons. The van der Waals surface area contributed by atoms with Gasteiger partial charge in [0.15, 0.2) is 0 Å². The summed E-state index contributed by atoms with van der Waals surface area (Å²) in [7, 11) is 0. The first kappa shape index (κ1) is 17.8. The molecule has 0 aliphatic carbocycles. The molecule has 1 aliphatic rings. The van der Waals surface area contributed by atoms with E-state index in [1.165, 1.54) is 11.1 Å². The molecule has 0 aromatic heterocycles. The molecule has 1 saturated heterocycles. The molecule has 1 aliphatic heterocycles. The van der Waals surface area contributed by atoms with E-state index in [-0.39, 0.29) is 30.7 Å². The van der Waals surface area contributed by atoms with Crippen molar-refractivity contribution in [2.75, 3.05) is 6.61 Å². The molecule has 2 aromatic rings. The van der Waals surface area contributed by atoms with Crippen LogP contribution < -0.4 is 0 Å². The molecule has 0 amide bonds. The van der Waals surface area contributed by atoms with Crippen molar-refractivity contribution in [1.29, 1.82) is 0 Å². The fourth-order valence-corrected chi connectivity index (χ4v) is 3.82. The Labute approximate surface area is 149 Å². The summed E-state index contributed by atoms with van der Waals surface area (Å²) in [4.78, 5) is 11.6. The molecule has 4 atom stereocenters. The van der Waals surface area contributed by atoms with Crippen molar-refractivity contribution < 1.29 is 14.6 Å². The van der Waals surface area contributed by atoms with E-state index < -0.39 is 0 Å². The normalized spacial score (nSPS) is 25.8. The highest BCUT2D eigenvalue weighted by Gasteiger charge is 2.43. The van der Waals surface area contributed by atoms with Gasteiger partial charge in [0.05, 0.1) is 12.2 Å². The maximum Gasteiger partial charge on any atom is 0.126 e. The third-order valence-corrected chi connectivity index (χ3v) is 5.24. The summed E-state index contributed by atoms with van der Waals surface area (Å²) in [6, 6.07) is 20.5. The minimum Gasteiger partial charge on any atom is -0.396 e. The number of rotatable bonds is 8. The molecular weight excluding hydrogens is 312 g/mol. The molecule has 1 N–H and O–H groups in total. The molecule has 3 rings (SSSR count). The van der Waals surface area contributed by atoms with Crippen molar-refractivity contribution in [3.8, 4) is 0 Å². The number of aldehydes is 1. The Morgan fingerprint density at radius 2 is 1.36 bits per heavy atom. The molecule has 25 heavy (non-hydrogen) atoms. The number of aryl methyl sites for hydroxylation is 2. The van der Waals surface area contributed by atoms with E-state index in [1.54, 1.807) is 0 Å². The summed E-state index contributed by atoms with van der Waals surface area (Å²) in [5.74, 6) is -0.309. The van der Waals surface area contributed by atoms with Gasteiger partial charge in [-0.2, -0.15) is 0 Å². The fourth-order valence-electron chi connectivity index (χ4n) is 3.82. The van der Waals surface area contributed by atoms with Gasteiger partial charge in [0.25, 0.3) is 0 Å². The van der Waals surface area contributed by atoms with Crippen LogP contribution in [0.15, 0.2) is 60.7 Å². The Kier molecular flexibility index (Phi) is 6.37. The Balaban J connectivity index is 1.60. The molecule has 1 fully saturated rings. The quantitative estimate of drug-likeness (QED) is 0.750. The number of hydrogen-bond acceptors (Lipinski definition) is 3. The number of aliphatic hydroxyl groups excluding tert-OH is 1. The highest BCUT2D eigenvalue weighted by molar-refractivity contribution is 5.56. The van der Waals surface area contributed by atoms with E-state index >= 15 is 0 Å². The summed E-state index contributed by atoms with van der Waals surface area (Å²) < 4.78 is 6.22. The Bertz CT molecular complexity index is 641. The number of ether oxygens (including phenoxy) is 1. The highest BCUT2D eigenvalue weighted by atomic mass is 16.5. The average Bonchev–Trinajstić information content (AvgIpc) is 3.03. The van der Waals surface area contributed by atoms with Crippen molar-refractivity contribution in [1.82, 2.24) is 0 Å². The number of carbonyl (C=O) groups excluding carboxylic acids is 1. The van der Waals surface area contributed by atoms with E-state index in [9.17, 15) is 9.90 Å². The molecule has 0 bridgehead atoms. The van der Waals surface area contributed by atoms with Crippen LogP contribution in [0.2, 0.25) is 0 Å². The van der Waals surface area contributed by atoms with Crippen LogP contribution in [-0.2, 0) is 22.4 Å². The molecule has 0 unspecified atom stereocenters. The van der Waals surface area contributed by atoms with Gasteiger partial charge in [-0.05, 0) is 36.8 Å². The second kappa shape index (κ2) is 8.93. The highest BCUT2D eigenvalue weighted by Crippen LogP contribution is 2.35. The van der Waals surface area contributed by atoms with Gasteiger partial charge >= 0.3 is 0 Å². The van der Waals surface area contributed by atoms with Crippen LogP contribution in [0.4, 0.5) is 0 Å². The van der Waals surface area contributed by atoms with Gasteiger partial charge in [-0.3, -0.25) is 0 Å². The zero-order chi connectivity index (χ0) is 17.5. The van der Waals surface area contributed by atoms with Crippen molar-refractivity contribution in [3.05, 3.63) is 71.8 Å². The van der Waals surface area contributed by atoms with Crippen LogP contribution in [0, 0.1) is 11.8 Å². The van der Waals surface area contributed by atoms with Crippen LogP contribution in [0.1, 0.15) is 24.0 Å². The first-order chi connectivity index (χ1) is 12.3. The summed E-state index contributed by atoms with van der Waals surface area (Å²) in [6.07, 6.45) is 4.27. The average molecular weight is 338 g/mol. The molecular formula is C22H26O3. The Hall–Kier alpha value is -1.97. The van der Waals surface area contributed by atoms with E-state index in [0.29, 0.717) is 0 Å². The third kappa shape index (κ3) is 4.56. The zero-order valence-corrected chi connectivity index (χ0v) is 14.5. The van der Waals surface area contributed by atoms with Gasteiger partial charge in [0.2, 0.25) is 0 Å². The van der Waals surface area contributed by atoms with Crippen LogP contribution in [0.25, 0.3) is 0 Å². The largest absolute Gasteiger partial charge is 0.396 e. The second-order valence-corrected chi connectivity index (χ2v) is 6.82. The lowest BCUT2D eigenvalue weighted by atomic mass is 9.85. The van der Waals surface area contributed by atoms with Crippen LogP contribution >= 0.6 is 0 Å². The topological polar surface area (TPSA) is 46.5 Å². The van der Waals surface area contributed by atoms with E-state index in [2.05, 4.69) is 24.3 Å². The van der Waals surface area contributed by atoms with Crippen LogP contribution in [0.3, 0.4) is 0 Å². The summed E-state index contributed by atoms with van der Waals surface area (Å²) in [5, 5.41) is 9.80. The van der Waals surface area contributed by atoms with Gasteiger partial charge in [-0.1, -0.05) is 60.7 Å². The first-order valence-corrected chi connectivity index (χ1v) is 9.11. The minimum atomic E-state index is -0.213. The van der Waals surface area contributed by atoms with Gasteiger partial charge in [-0.15, -0.1) is 0 Å². The molecule has 0 saturated carbocycles. The van der Waals surface area contributed by atoms with Crippen molar-refractivity contribution >= 4 is 6.29 Å². The first-order valence-electron chi connectivity index (χ1n) is 9.11. The van der Waals surface area contributed by atoms with Crippen molar-refractivity contribution in [3.63, 3.8) is 0 Å². The molecule has 0 radical (unpaired) electrons. The van der Waals surface area contributed by atoms with Gasteiger partial charge in [-0.25, -0.2) is 0 Å². The maximum absolute atomic E-state index is 11.6. The Morgan fingerprint density at radius 3 is 1.84 bits per heavy atom. The van der Waals surface area contributed by atoms with Gasteiger partial charge < -0.3 is 14.6 Å². The number of carbonyl (C=O) groups is 1. The SMILES string of the molecule is O=C[C@H]1[C@H](CO)[C@@H](CCc2ccccc2)O[C@H]1CCc1ccccc1. The van der Waals surface area contributed by atoms with E-state index in [4.69, 9.17) is 4.74 Å². The summed E-state index contributed by atoms with van der Waals surface area (Å²) >= 11 is 0. The molecule has 2 aromatic carbocycles. The third-order valence-electron chi connectivity index (χ3n) is 5.24. The van der Waals surface area contributed by atoms with Crippen molar-refractivity contribution in [2.24, 2.45) is 11.8 Å². The Morgan fingerprint density at radius 1 is 0.840 bits per heavy atom. The van der Waals surface area contributed by atoms with E-state index in [1.807, 2.05) is 36.4 Å².